The van der Waals surface area contributed by atoms with E-state index in [2.05, 4.69) is 15.6 Å². The van der Waals surface area contributed by atoms with Gasteiger partial charge in [-0.2, -0.15) is 0 Å². The molecule has 0 aromatic heterocycles. The van der Waals surface area contributed by atoms with Crippen molar-refractivity contribution in [2.75, 3.05) is 46.9 Å². The number of ether oxygens (including phenoxy) is 2. The van der Waals surface area contributed by atoms with E-state index in [4.69, 9.17) is 9.47 Å². The number of hydrogen-bond acceptors (Lipinski definition) is 5. The number of rotatable bonds is 5. The summed E-state index contributed by atoms with van der Waals surface area (Å²) in [6.45, 7) is 10.1. The predicted molar refractivity (Wildman–Crippen MR) is 105 cm³/mol. The third-order valence-corrected chi connectivity index (χ3v) is 4.03. The van der Waals surface area contributed by atoms with Gasteiger partial charge >= 0.3 is 12.2 Å². The molecule has 1 aliphatic rings. The molecule has 0 aliphatic carbocycles. The van der Waals surface area contributed by atoms with Crippen LogP contribution in [0.1, 0.15) is 40.5 Å². The van der Waals surface area contributed by atoms with Gasteiger partial charge in [0.05, 0.1) is 6.61 Å². The lowest BCUT2D eigenvalue weighted by molar-refractivity contribution is 0.0302. The summed E-state index contributed by atoms with van der Waals surface area (Å²) in [7, 11) is 3.41. The molecule has 0 saturated carbocycles. The molecule has 1 heterocycles. The van der Waals surface area contributed by atoms with E-state index in [1.165, 1.54) is 4.90 Å². The van der Waals surface area contributed by atoms with Gasteiger partial charge in [0.1, 0.15) is 5.60 Å². The standard InChI is InChI=1S/C18H35N5O4/c1-7-26-17(25)23-11-8-14(9-12-23)21-15(19-5)20-10-13-22(6)16(24)27-18(2,3)4/h14H,7-13H2,1-6H3,(H2,19,20,21). The van der Waals surface area contributed by atoms with Gasteiger partial charge in [0, 0.05) is 46.3 Å². The summed E-state index contributed by atoms with van der Waals surface area (Å²) in [5, 5.41) is 6.57. The van der Waals surface area contributed by atoms with Gasteiger partial charge in [-0.1, -0.05) is 0 Å². The Kier molecular flexibility index (Phi) is 9.17. The largest absolute Gasteiger partial charge is 0.450 e. The Bertz CT molecular complexity index is 510. The quantitative estimate of drug-likeness (QED) is 0.552. The lowest BCUT2D eigenvalue weighted by Crippen LogP contribution is -2.50. The van der Waals surface area contributed by atoms with E-state index in [1.807, 2.05) is 27.7 Å². The van der Waals surface area contributed by atoms with E-state index >= 15 is 0 Å². The first kappa shape index (κ1) is 22.9. The Morgan fingerprint density at radius 1 is 1.26 bits per heavy atom. The van der Waals surface area contributed by atoms with Crippen molar-refractivity contribution < 1.29 is 19.1 Å². The zero-order valence-electron chi connectivity index (χ0n) is 17.5. The number of nitrogens with one attached hydrogen (secondary N) is 2. The molecular formula is C18H35N5O4. The molecule has 156 valence electrons. The molecule has 2 amide bonds. The zero-order valence-corrected chi connectivity index (χ0v) is 17.5. The third kappa shape index (κ3) is 8.83. The van der Waals surface area contributed by atoms with E-state index in [0.717, 1.165) is 12.8 Å². The van der Waals surface area contributed by atoms with Crippen molar-refractivity contribution in [3.63, 3.8) is 0 Å². The molecule has 1 rings (SSSR count). The number of hydrogen-bond donors (Lipinski definition) is 2. The van der Waals surface area contributed by atoms with Crippen LogP contribution in [0.15, 0.2) is 4.99 Å². The van der Waals surface area contributed by atoms with Crippen molar-refractivity contribution in [2.24, 2.45) is 4.99 Å². The molecule has 9 heteroatoms. The Morgan fingerprint density at radius 2 is 1.89 bits per heavy atom. The number of likely N-dealkylation sites (tertiary alicyclic amines) is 1. The smallest absolute Gasteiger partial charge is 0.410 e. The summed E-state index contributed by atoms with van der Waals surface area (Å²) in [6, 6.07) is 0.241. The molecular weight excluding hydrogens is 350 g/mol. The van der Waals surface area contributed by atoms with Crippen LogP contribution in [0.3, 0.4) is 0 Å². The van der Waals surface area contributed by atoms with Crippen LogP contribution in [0, 0.1) is 0 Å². The Morgan fingerprint density at radius 3 is 2.41 bits per heavy atom. The minimum absolute atomic E-state index is 0.241. The van der Waals surface area contributed by atoms with Gasteiger partial charge in [0.15, 0.2) is 5.96 Å². The lowest BCUT2D eigenvalue weighted by Gasteiger charge is -2.32. The van der Waals surface area contributed by atoms with Crippen LogP contribution in [-0.4, -0.2) is 86.5 Å². The lowest BCUT2D eigenvalue weighted by atomic mass is 10.1. The molecule has 0 unspecified atom stereocenters. The summed E-state index contributed by atoms with van der Waals surface area (Å²) in [5.74, 6) is 0.683. The Balaban J connectivity index is 2.31. The molecule has 27 heavy (non-hydrogen) atoms. The maximum Gasteiger partial charge on any atom is 0.410 e. The van der Waals surface area contributed by atoms with Crippen molar-refractivity contribution in [3.8, 4) is 0 Å². The van der Waals surface area contributed by atoms with Gasteiger partial charge in [-0.3, -0.25) is 4.99 Å². The zero-order chi connectivity index (χ0) is 20.4. The van der Waals surface area contributed by atoms with Gasteiger partial charge in [0.2, 0.25) is 0 Å². The number of piperidine rings is 1. The molecule has 0 aromatic carbocycles. The van der Waals surface area contributed by atoms with Gasteiger partial charge in [-0.25, -0.2) is 9.59 Å². The minimum atomic E-state index is -0.505. The fourth-order valence-corrected chi connectivity index (χ4v) is 2.58. The highest BCUT2D eigenvalue weighted by Gasteiger charge is 2.24. The number of amides is 2. The van der Waals surface area contributed by atoms with Crippen LogP contribution in [0.5, 0.6) is 0 Å². The van der Waals surface area contributed by atoms with Gasteiger partial charge in [0.25, 0.3) is 0 Å². The SMILES string of the molecule is CCOC(=O)N1CCC(NC(=NC)NCCN(C)C(=O)OC(C)(C)C)CC1. The van der Waals surface area contributed by atoms with Gasteiger partial charge in [-0.05, 0) is 40.5 Å². The van der Waals surface area contributed by atoms with Crippen molar-refractivity contribution >= 4 is 18.1 Å². The molecule has 0 aromatic rings. The summed E-state index contributed by atoms with van der Waals surface area (Å²) < 4.78 is 10.4. The molecule has 0 atom stereocenters. The van der Waals surface area contributed by atoms with E-state index in [-0.39, 0.29) is 18.2 Å². The topological polar surface area (TPSA) is 95.5 Å². The molecule has 1 aliphatic heterocycles. The first-order chi connectivity index (χ1) is 12.7. The second kappa shape index (κ2) is 10.8. The Labute approximate surface area is 162 Å². The molecule has 9 nitrogen and oxygen atoms in total. The Hall–Kier alpha value is -2.19. The number of likely N-dealkylation sites (N-methyl/N-ethyl adjacent to an activating group) is 1. The van der Waals surface area contributed by atoms with Crippen LogP contribution in [-0.2, 0) is 9.47 Å². The third-order valence-electron chi connectivity index (χ3n) is 4.03. The van der Waals surface area contributed by atoms with E-state index in [0.29, 0.717) is 38.7 Å². The van der Waals surface area contributed by atoms with Crippen LogP contribution in [0.4, 0.5) is 9.59 Å². The first-order valence-corrected chi connectivity index (χ1v) is 9.49. The van der Waals surface area contributed by atoms with E-state index in [9.17, 15) is 9.59 Å². The number of carbonyl (C=O) groups excluding carboxylic acids is 2. The van der Waals surface area contributed by atoms with Crippen LogP contribution in [0.25, 0.3) is 0 Å². The van der Waals surface area contributed by atoms with Crippen LogP contribution in [0.2, 0.25) is 0 Å². The first-order valence-electron chi connectivity index (χ1n) is 9.49. The van der Waals surface area contributed by atoms with Crippen molar-refractivity contribution in [3.05, 3.63) is 0 Å². The maximum absolute atomic E-state index is 11.9. The van der Waals surface area contributed by atoms with Crippen LogP contribution >= 0.6 is 0 Å². The normalized spacial score (nSPS) is 15.9. The fraction of sp³-hybridized carbons (Fsp3) is 0.833. The summed E-state index contributed by atoms with van der Waals surface area (Å²) >= 11 is 0. The maximum atomic E-state index is 11.9. The number of aliphatic imine (C=N–C) groups is 1. The molecule has 0 spiro atoms. The van der Waals surface area contributed by atoms with Crippen molar-refractivity contribution in [1.29, 1.82) is 0 Å². The van der Waals surface area contributed by atoms with E-state index in [1.54, 1.807) is 19.0 Å². The highest BCUT2D eigenvalue weighted by molar-refractivity contribution is 5.80. The van der Waals surface area contributed by atoms with Crippen molar-refractivity contribution in [1.82, 2.24) is 20.4 Å². The number of guanidine groups is 1. The number of nitrogens with zero attached hydrogens (tertiary/aromatic N) is 3. The second-order valence-corrected chi connectivity index (χ2v) is 7.51. The minimum Gasteiger partial charge on any atom is -0.450 e. The molecule has 1 fully saturated rings. The summed E-state index contributed by atoms with van der Waals surface area (Å²) in [5.41, 5.74) is -0.505. The van der Waals surface area contributed by atoms with E-state index < -0.39 is 5.60 Å². The molecule has 2 N–H and O–H groups in total. The fourth-order valence-electron chi connectivity index (χ4n) is 2.58. The average Bonchev–Trinajstić information content (AvgIpc) is 2.60. The monoisotopic (exact) mass is 385 g/mol. The molecule has 0 bridgehead atoms. The molecule has 1 saturated heterocycles. The molecule has 0 radical (unpaired) electrons. The highest BCUT2D eigenvalue weighted by atomic mass is 16.6. The van der Waals surface area contributed by atoms with Crippen LogP contribution < -0.4 is 10.6 Å². The summed E-state index contributed by atoms with van der Waals surface area (Å²) in [6.07, 6.45) is 1.07. The van der Waals surface area contributed by atoms with Gasteiger partial charge < -0.3 is 29.9 Å². The highest BCUT2D eigenvalue weighted by Crippen LogP contribution is 2.11. The predicted octanol–water partition coefficient (Wildman–Crippen LogP) is 1.64. The number of carbonyl (C=O) groups is 2. The summed E-state index contributed by atoms with van der Waals surface area (Å²) in [4.78, 5) is 31.2. The average molecular weight is 386 g/mol. The second-order valence-electron chi connectivity index (χ2n) is 7.51. The van der Waals surface area contributed by atoms with Gasteiger partial charge in [-0.15, -0.1) is 0 Å². The van der Waals surface area contributed by atoms with Crippen molar-refractivity contribution in [2.45, 2.75) is 52.2 Å².